The summed E-state index contributed by atoms with van der Waals surface area (Å²) in [6, 6.07) is 8.38. The van der Waals surface area contributed by atoms with Gasteiger partial charge in [0, 0.05) is 17.8 Å². The average molecular weight is 430 g/mol. The largest absolute Gasteiger partial charge is 0.351 e. The van der Waals surface area contributed by atoms with E-state index in [0.29, 0.717) is 28.7 Å². The number of carbonyl (C=O) groups is 1. The quantitative estimate of drug-likeness (QED) is 0.578. The molecule has 0 aliphatic heterocycles. The minimum Gasteiger partial charge on any atom is -0.351 e. The maximum absolute atomic E-state index is 12.7. The SMILES string of the molecule is Cc1nc(C2CC2)nc2sc(C(=O)NCCCS(=O)(=O)c3ccccc3)c(C)c12. The van der Waals surface area contributed by atoms with Gasteiger partial charge in [-0.1, -0.05) is 18.2 Å². The predicted molar refractivity (Wildman–Crippen MR) is 114 cm³/mol. The van der Waals surface area contributed by atoms with Crippen LogP contribution in [0.15, 0.2) is 35.2 Å². The summed E-state index contributed by atoms with van der Waals surface area (Å²) in [5.41, 5.74) is 1.80. The molecule has 1 aliphatic carbocycles. The molecule has 1 amide bonds. The third-order valence-corrected chi connectivity index (χ3v) is 8.12. The van der Waals surface area contributed by atoms with Crippen LogP contribution in [0.3, 0.4) is 0 Å². The van der Waals surface area contributed by atoms with Crippen molar-refractivity contribution in [2.24, 2.45) is 0 Å². The van der Waals surface area contributed by atoms with Crippen molar-refractivity contribution >= 4 is 37.3 Å². The molecule has 152 valence electrons. The second-order valence-electron chi connectivity index (χ2n) is 7.42. The zero-order valence-corrected chi connectivity index (χ0v) is 18.1. The first kappa shape index (κ1) is 20.0. The molecular weight excluding hydrogens is 406 g/mol. The zero-order chi connectivity index (χ0) is 20.6. The van der Waals surface area contributed by atoms with Crippen LogP contribution in [0.25, 0.3) is 10.2 Å². The molecule has 6 nitrogen and oxygen atoms in total. The summed E-state index contributed by atoms with van der Waals surface area (Å²) in [6.07, 6.45) is 2.63. The van der Waals surface area contributed by atoms with E-state index in [0.717, 1.165) is 40.1 Å². The van der Waals surface area contributed by atoms with E-state index in [9.17, 15) is 13.2 Å². The number of nitrogens with zero attached hydrogens (tertiary/aromatic N) is 2. The molecule has 1 aromatic carbocycles. The number of fused-ring (bicyclic) bond motifs is 1. The average Bonchev–Trinajstić information content (AvgIpc) is 3.49. The molecule has 0 atom stereocenters. The summed E-state index contributed by atoms with van der Waals surface area (Å²) in [5.74, 6) is 1.16. The molecular formula is C21H23N3O3S2. The number of hydrogen-bond donors (Lipinski definition) is 1. The van der Waals surface area contributed by atoms with Gasteiger partial charge in [-0.2, -0.15) is 0 Å². The van der Waals surface area contributed by atoms with Gasteiger partial charge in [-0.05, 0) is 50.8 Å². The fraction of sp³-hybridized carbons (Fsp3) is 0.381. The second kappa shape index (κ2) is 7.84. The Hall–Kier alpha value is -2.32. The van der Waals surface area contributed by atoms with E-state index in [1.807, 2.05) is 13.8 Å². The molecule has 1 N–H and O–H groups in total. The van der Waals surface area contributed by atoms with Gasteiger partial charge in [-0.3, -0.25) is 4.79 Å². The Morgan fingerprint density at radius 2 is 1.90 bits per heavy atom. The Labute approximate surface area is 174 Å². The first-order valence-electron chi connectivity index (χ1n) is 9.70. The molecule has 8 heteroatoms. The fourth-order valence-corrected chi connectivity index (χ4v) is 5.88. The van der Waals surface area contributed by atoms with Crippen molar-refractivity contribution in [1.29, 1.82) is 0 Å². The first-order chi connectivity index (χ1) is 13.9. The Balaban J connectivity index is 1.42. The molecule has 3 aromatic rings. The van der Waals surface area contributed by atoms with Crippen molar-refractivity contribution < 1.29 is 13.2 Å². The minimum absolute atomic E-state index is 0.00196. The molecule has 29 heavy (non-hydrogen) atoms. The highest BCUT2D eigenvalue weighted by molar-refractivity contribution is 7.91. The Morgan fingerprint density at radius 1 is 1.17 bits per heavy atom. The Morgan fingerprint density at radius 3 is 2.59 bits per heavy atom. The van der Waals surface area contributed by atoms with Gasteiger partial charge in [0.2, 0.25) is 0 Å². The first-order valence-corrected chi connectivity index (χ1v) is 12.2. The normalized spacial score (nSPS) is 14.3. The number of carbonyl (C=O) groups excluding carboxylic acids is 1. The highest BCUT2D eigenvalue weighted by atomic mass is 32.2. The molecule has 0 unspecified atom stereocenters. The Bertz CT molecular complexity index is 1170. The molecule has 0 bridgehead atoms. The maximum Gasteiger partial charge on any atom is 0.261 e. The lowest BCUT2D eigenvalue weighted by Crippen LogP contribution is -2.25. The highest BCUT2D eigenvalue weighted by Gasteiger charge is 2.28. The van der Waals surface area contributed by atoms with Gasteiger partial charge in [0.05, 0.1) is 21.2 Å². The summed E-state index contributed by atoms with van der Waals surface area (Å²) in [7, 11) is -3.33. The van der Waals surface area contributed by atoms with E-state index in [1.165, 1.54) is 11.3 Å². The number of nitrogens with one attached hydrogen (secondary N) is 1. The smallest absolute Gasteiger partial charge is 0.261 e. The van der Waals surface area contributed by atoms with Crippen LogP contribution in [0.5, 0.6) is 0 Å². The van der Waals surface area contributed by atoms with Crippen LogP contribution in [0.4, 0.5) is 0 Å². The third-order valence-electron chi connectivity index (χ3n) is 5.11. The summed E-state index contributed by atoms with van der Waals surface area (Å²) in [5, 5.41) is 3.81. The molecule has 1 fully saturated rings. The number of amides is 1. The number of sulfone groups is 1. The number of hydrogen-bond acceptors (Lipinski definition) is 6. The van der Waals surface area contributed by atoms with Crippen LogP contribution in [0.1, 0.15) is 51.9 Å². The van der Waals surface area contributed by atoms with Gasteiger partial charge in [0.1, 0.15) is 10.7 Å². The predicted octanol–water partition coefficient (Wildman–Crippen LogP) is 3.78. The van der Waals surface area contributed by atoms with Crippen LogP contribution in [0, 0.1) is 13.8 Å². The van der Waals surface area contributed by atoms with E-state index in [1.54, 1.807) is 30.3 Å². The van der Waals surface area contributed by atoms with Crippen LogP contribution in [-0.2, 0) is 9.84 Å². The highest BCUT2D eigenvalue weighted by Crippen LogP contribution is 2.40. The maximum atomic E-state index is 12.7. The zero-order valence-electron chi connectivity index (χ0n) is 16.4. The van der Waals surface area contributed by atoms with Crippen LogP contribution >= 0.6 is 11.3 Å². The topological polar surface area (TPSA) is 89.0 Å². The number of thiophene rings is 1. The number of benzene rings is 1. The number of aryl methyl sites for hydroxylation is 2. The van der Waals surface area contributed by atoms with Crippen LogP contribution in [-0.4, -0.2) is 36.6 Å². The lowest BCUT2D eigenvalue weighted by atomic mass is 10.1. The van der Waals surface area contributed by atoms with Gasteiger partial charge in [-0.25, -0.2) is 18.4 Å². The number of aromatic nitrogens is 2. The molecule has 0 spiro atoms. The van der Waals surface area contributed by atoms with Crippen molar-refractivity contribution in [2.75, 3.05) is 12.3 Å². The molecule has 0 saturated heterocycles. The minimum atomic E-state index is -3.33. The molecule has 1 aliphatic rings. The van der Waals surface area contributed by atoms with E-state index in [2.05, 4.69) is 15.3 Å². The van der Waals surface area contributed by atoms with E-state index in [4.69, 9.17) is 0 Å². The van der Waals surface area contributed by atoms with Crippen LogP contribution < -0.4 is 5.32 Å². The number of rotatable bonds is 7. The van der Waals surface area contributed by atoms with Gasteiger partial charge in [0.25, 0.3) is 5.91 Å². The van der Waals surface area contributed by atoms with Gasteiger partial charge in [0.15, 0.2) is 9.84 Å². The Kier molecular flexibility index (Phi) is 5.40. The van der Waals surface area contributed by atoms with Crippen LogP contribution in [0.2, 0.25) is 0 Å². The molecule has 1 saturated carbocycles. The van der Waals surface area contributed by atoms with Crippen molar-refractivity contribution in [3.63, 3.8) is 0 Å². The summed E-state index contributed by atoms with van der Waals surface area (Å²) >= 11 is 1.38. The molecule has 2 aromatic heterocycles. The summed E-state index contributed by atoms with van der Waals surface area (Å²) in [6.45, 7) is 4.18. The monoisotopic (exact) mass is 429 g/mol. The fourth-order valence-electron chi connectivity index (χ4n) is 3.39. The van der Waals surface area contributed by atoms with E-state index < -0.39 is 9.84 Å². The van der Waals surface area contributed by atoms with Crippen molar-refractivity contribution in [1.82, 2.24) is 15.3 Å². The summed E-state index contributed by atoms with van der Waals surface area (Å²) < 4.78 is 24.6. The van der Waals surface area contributed by atoms with Crippen molar-refractivity contribution in [3.05, 3.63) is 52.3 Å². The van der Waals surface area contributed by atoms with E-state index in [-0.39, 0.29) is 11.7 Å². The van der Waals surface area contributed by atoms with Gasteiger partial charge in [-0.15, -0.1) is 11.3 Å². The van der Waals surface area contributed by atoms with Gasteiger partial charge < -0.3 is 5.32 Å². The second-order valence-corrected chi connectivity index (χ2v) is 10.5. The molecule has 2 heterocycles. The molecule has 4 rings (SSSR count). The third kappa shape index (κ3) is 4.18. The lowest BCUT2D eigenvalue weighted by Gasteiger charge is -2.06. The van der Waals surface area contributed by atoms with E-state index >= 15 is 0 Å². The summed E-state index contributed by atoms with van der Waals surface area (Å²) in [4.78, 5) is 23.8. The lowest BCUT2D eigenvalue weighted by molar-refractivity contribution is 0.0957. The van der Waals surface area contributed by atoms with Crippen molar-refractivity contribution in [2.45, 2.75) is 43.9 Å². The van der Waals surface area contributed by atoms with Gasteiger partial charge >= 0.3 is 0 Å². The molecule has 0 radical (unpaired) electrons. The van der Waals surface area contributed by atoms with Crippen molar-refractivity contribution in [3.8, 4) is 0 Å². The standard InChI is InChI=1S/C21H23N3O3S2/c1-13-17-14(2)23-19(15-9-10-15)24-21(17)28-18(13)20(25)22-11-6-12-29(26,27)16-7-4-3-5-8-16/h3-5,7-8,15H,6,9-12H2,1-2H3,(H,22,25).